The highest BCUT2D eigenvalue weighted by atomic mass is 16.5. The Morgan fingerprint density at radius 1 is 1.08 bits per heavy atom. The zero-order valence-corrected chi connectivity index (χ0v) is 13.6. The summed E-state index contributed by atoms with van der Waals surface area (Å²) >= 11 is 0. The van der Waals surface area contributed by atoms with Crippen LogP contribution in [0.1, 0.15) is 34.9 Å². The molecule has 4 heterocycles. The number of piperidine rings is 1. The summed E-state index contributed by atoms with van der Waals surface area (Å²) in [5.41, 5.74) is 1.44. The summed E-state index contributed by atoms with van der Waals surface area (Å²) in [6.45, 7) is 1.35. The van der Waals surface area contributed by atoms with Crippen LogP contribution in [0.3, 0.4) is 0 Å². The lowest BCUT2D eigenvalue weighted by Crippen LogP contribution is -2.38. The van der Waals surface area contributed by atoms with Crippen molar-refractivity contribution >= 4 is 5.91 Å². The third-order valence-corrected chi connectivity index (χ3v) is 4.41. The Morgan fingerprint density at radius 3 is 2.52 bits per heavy atom. The average molecular weight is 335 g/mol. The van der Waals surface area contributed by atoms with Gasteiger partial charge in [-0.25, -0.2) is 0 Å². The lowest BCUT2D eigenvalue weighted by atomic mass is 9.96. The Balaban J connectivity index is 1.41. The van der Waals surface area contributed by atoms with E-state index in [0.29, 0.717) is 30.4 Å². The summed E-state index contributed by atoms with van der Waals surface area (Å²) in [6.07, 6.45) is 8.31. The number of carbonyl (C=O) groups is 1. The van der Waals surface area contributed by atoms with Crippen LogP contribution < -0.4 is 0 Å². The minimum absolute atomic E-state index is 0.0238. The van der Waals surface area contributed by atoms with Crippen LogP contribution in [0.4, 0.5) is 0 Å². The molecule has 1 aliphatic heterocycles. The van der Waals surface area contributed by atoms with Crippen molar-refractivity contribution in [2.24, 2.45) is 0 Å². The van der Waals surface area contributed by atoms with Crippen LogP contribution in [0.2, 0.25) is 0 Å². The maximum absolute atomic E-state index is 12.5. The minimum Gasteiger partial charge on any atom is -0.339 e. The van der Waals surface area contributed by atoms with Crippen LogP contribution in [0, 0.1) is 0 Å². The first-order valence-electron chi connectivity index (χ1n) is 8.24. The second-order valence-electron chi connectivity index (χ2n) is 6.01. The molecule has 1 fully saturated rings. The number of hydrogen-bond acceptors (Lipinski definition) is 6. The number of amides is 1. The topological polar surface area (TPSA) is 85.0 Å². The Hall–Kier alpha value is -3.09. The van der Waals surface area contributed by atoms with Crippen LogP contribution >= 0.6 is 0 Å². The Labute approximate surface area is 144 Å². The molecule has 0 aromatic carbocycles. The number of hydrogen-bond donors (Lipinski definition) is 0. The maximum atomic E-state index is 12.5. The second kappa shape index (κ2) is 6.80. The van der Waals surface area contributed by atoms with Crippen LogP contribution in [-0.2, 0) is 0 Å². The molecule has 3 aromatic rings. The smallest absolute Gasteiger partial charge is 0.259 e. The van der Waals surface area contributed by atoms with Gasteiger partial charge in [-0.15, -0.1) is 0 Å². The van der Waals surface area contributed by atoms with Crippen molar-refractivity contribution in [2.45, 2.75) is 18.8 Å². The van der Waals surface area contributed by atoms with Crippen molar-refractivity contribution < 1.29 is 9.32 Å². The minimum atomic E-state index is 0.0238. The molecule has 0 unspecified atom stereocenters. The molecule has 0 atom stereocenters. The van der Waals surface area contributed by atoms with Gasteiger partial charge in [0.15, 0.2) is 5.82 Å². The molecule has 7 heteroatoms. The molecule has 25 heavy (non-hydrogen) atoms. The Kier molecular flexibility index (Phi) is 4.20. The molecule has 3 aromatic heterocycles. The quantitative estimate of drug-likeness (QED) is 0.731. The van der Waals surface area contributed by atoms with Gasteiger partial charge in [-0.2, -0.15) is 4.98 Å². The van der Waals surface area contributed by atoms with Gasteiger partial charge >= 0.3 is 0 Å². The van der Waals surface area contributed by atoms with Gasteiger partial charge in [-0.3, -0.25) is 14.8 Å². The van der Waals surface area contributed by atoms with Gasteiger partial charge in [-0.1, -0.05) is 5.16 Å². The highest BCUT2D eigenvalue weighted by Crippen LogP contribution is 2.28. The summed E-state index contributed by atoms with van der Waals surface area (Å²) in [6, 6.07) is 7.29. The number of likely N-dealkylation sites (tertiary alicyclic amines) is 1. The zero-order chi connectivity index (χ0) is 17.1. The molecule has 0 radical (unpaired) electrons. The van der Waals surface area contributed by atoms with E-state index in [0.717, 1.165) is 18.4 Å². The van der Waals surface area contributed by atoms with Crippen molar-refractivity contribution in [2.75, 3.05) is 13.1 Å². The normalized spacial score (nSPS) is 15.3. The third kappa shape index (κ3) is 3.26. The summed E-state index contributed by atoms with van der Waals surface area (Å²) in [4.78, 5) is 26.9. The van der Waals surface area contributed by atoms with Crippen LogP contribution in [0.15, 0.2) is 53.6 Å². The van der Waals surface area contributed by atoms with E-state index in [1.807, 2.05) is 17.0 Å². The molecule has 0 saturated carbocycles. The highest BCUT2D eigenvalue weighted by molar-refractivity contribution is 5.93. The van der Waals surface area contributed by atoms with Gasteiger partial charge < -0.3 is 9.42 Å². The van der Waals surface area contributed by atoms with Gasteiger partial charge in [0.05, 0.1) is 11.1 Å². The molecule has 0 bridgehead atoms. The van der Waals surface area contributed by atoms with Crippen LogP contribution in [0.5, 0.6) is 0 Å². The van der Waals surface area contributed by atoms with Gasteiger partial charge in [0.2, 0.25) is 0 Å². The van der Waals surface area contributed by atoms with Gasteiger partial charge in [0, 0.05) is 43.8 Å². The first-order valence-corrected chi connectivity index (χ1v) is 8.24. The summed E-state index contributed by atoms with van der Waals surface area (Å²) < 4.78 is 5.36. The van der Waals surface area contributed by atoms with Gasteiger partial charge in [-0.05, 0) is 37.1 Å². The maximum Gasteiger partial charge on any atom is 0.259 e. The molecule has 126 valence electrons. The summed E-state index contributed by atoms with van der Waals surface area (Å²) in [5.74, 6) is 1.41. The molecule has 1 aliphatic rings. The molecule has 0 spiro atoms. The fourth-order valence-electron chi connectivity index (χ4n) is 3.02. The predicted molar refractivity (Wildman–Crippen MR) is 89.6 cm³/mol. The predicted octanol–water partition coefficient (Wildman–Crippen LogP) is 2.55. The lowest BCUT2D eigenvalue weighted by Gasteiger charge is -2.30. The number of pyridine rings is 2. The fourth-order valence-corrected chi connectivity index (χ4v) is 3.02. The molecule has 7 nitrogen and oxygen atoms in total. The first-order chi connectivity index (χ1) is 12.3. The van der Waals surface area contributed by atoms with Crippen molar-refractivity contribution in [3.63, 3.8) is 0 Å². The highest BCUT2D eigenvalue weighted by Gasteiger charge is 2.27. The molecular weight excluding hydrogens is 318 g/mol. The first kappa shape index (κ1) is 15.4. The van der Waals surface area contributed by atoms with Gasteiger partial charge in [0.25, 0.3) is 11.8 Å². The van der Waals surface area contributed by atoms with Crippen molar-refractivity contribution in [3.8, 4) is 11.5 Å². The number of rotatable bonds is 3. The van der Waals surface area contributed by atoms with E-state index in [4.69, 9.17) is 4.52 Å². The van der Waals surface area contributed by atoms with E-state index in [1.165, 1.54) is 0 Å². The van der Waals surface area contributed by atoms with E-state index in [9.17, 15) is 4.79 Å². The number of aromatic nitrogens is 4. The zero-order valence-electron chi connectivity index (χ0n) is 13.6. The average Bonchev–Trinajstić information content (AvgIpc) is 3.19. The molecular formula is C18H17N5O2. The second-order valence-corrected chi connectivity index (χ2v) is 6.01. The van der Waals surface area contributed by atoms with Crippen LogP contribution in [0.25, 0.3) is 11.5 Å². The number of nitrogens with zero attached hydrogens (tertiary/aromatic N) is 5. The van der Waals surface area contributed by atoms with Gasteiger partial charge in [0.1, 0.15) is 0 Å². The SMILES string of the molecule is O=C(c1cccnc1)N1CCC(c2noc(-c3cccnc3)n2)CC1. The van der Waals surface area contributed by atoms with Crippen molar-refractivity contribution in [1.29, 1.82) is 0 Å². The fraction of sp³-hybridized carbons (Fsp3) is 0.278. The Bertz CT molecular complexity index is 842. The molecule has 1 saturated heterocycles. The van der Waals surface area contributed by atoms with E-state index in [-0.39, 0.29) is 11.8 Å². The molecule has 1 amide bonds. The van der Waals surface area contributed by atoms with Crippen molar-refractivity contribution in [1.82, 2.24) is 25.0 Å². The van der Waals surface area contributed by atoms with E-state index in [2.05, 4.69) is 20.1 Å². The van der Waals surface area contributed by atoms with E-state index < -0.39 is 0 Å². The summed E-state index contributed by atoms with van der Waals surface area (Å²) in [5, 5.41) is 4.12. The monoisotopic (exact) mass is 335 g/mol. The largest absolute Gasteiger partial charge is 0.339 e. The molecule has 0 N–H and O–H groups in total. The molecule has 0 aliphatic carbocycles. The summed E-state index contributed by atoms with van der Waals surface area (Å²) in [7, 11) is 0. The lowest BCUT2D eigenvalue weighted by molar-refractivity contribution is 0.0710. The van der Waals surface area contributed by atoms with Crippen molar-refractivity contribution in [3.05, 3.63) is 60.4 Å². The third-order valence-electron chi connectivity index (χ3n) is 4.41. The Morgan fingerprint density at radius 2 is 1.84 bits per heavy atom. The molecule has 4 rings (SSSR count). The number of carbonyl (C=O) groups excluding carboxylic acids is 1. The van der Waals surface area contributed by atoms with E-state index >= 15 is 0 Å². The van der Waals surface area contributed by atoms with E-state index in [1.54, 1.807) is 36.9 Å². The van der Waals surface area contributed by atoms with Crippen LogP contribution in [-0.4, -0.2) is 44.0 Å². The standard InChI is InChI=1S/C18H17N5O2/c24-18(15-4-2-8-20-12-15)23-9-5-13(6-10-23)16-21-17(25-22-16)14-3-1-7-19-11-14/h1-4,7-8,11-13H,5-6,9-10H2.